The van der Waals surface area contributed by atoms with Crippen molar-refractivity contribution in [3.8, 4) is 11.4 Å². The van der Waals surface area contributed by atoms with E-state index in [0.717, 1.165) is 21.6 Å². The third kappa shape index (κ3) is 3.43. The molecule has 29 heavy (non-hydrogen) atoms. The highest BCUT2D eigenvalue weighted by molar-refractivity contribution is 7.20. The summed E-state index contributed by atoms with van der Waals surface area (Å²) in [7, 11) is 1.44. The largest absolute Gasteiger partial charge is 0.495 e. The second-order valence-corrected chi connectivity index (χ2v) is 7.29. The average Bonchev–Trinajstić information content (AvgIpc) is 3.29. The minimum absolute atomic E-state index is 0.131. The fraction of sp³-hybridized carbons (Fsp3) is 0.100. The van der Waals surface area contributed by atoms with Gasteiger partial charge in [0, 0.05) is 17.5 Å². The van der Waals surface area contributed by atoms with Crippen molar-refractivity contribution in [3.63, 3.8) is 0 Å². The zero-order chi connectivity index (χ0) is 20.5. The maximum Gasteiger partial charge on any atom is 0.271 e. The number of hydrogen-bond acceptors (Lipinski definition) is 6. The van der Waals surface area contributed by atoms with Gasteiger partial charge in [0.15, 0.2) is 0 Å². The molecule has 2 aromatic carbocycles. The number of rotatable bonds is 5. The number of aromatic nitrogens is 2. The quantitative estimate of drug-likeness (QED) is 0.385. The fourth-order valence-electron chi connectivity index (χ4n) is 2.99. The molecular formula is C20H16N4O4S. The molecule has 0 saturated heterocycles. The SMILES string of the molecule is COc1ccc([N+](=O)[O-])cc1NC(=O)c1cc2c(C)nn(-c3ccccc3)c2s1. The van der Waals surface area contributed by atoms with Crippen LogP contribution in [0.15, 0.2) is 54.6 Å². The Bertz CT molecular complexity index is 1230. The molecule has 0 saturated carbocycles. The molecular weight excluding hydrogens is 392 g/mol. The van der Waals surface area contributed by atoms with Crippen LogP contribution in [0.3, 0.4) is 0 Å². The van der Waals surface area contributed by atoms with Crippen LogP contribution in [0.2, 0.25) is 0 Å². The van der Waals surface area contributed by atoms with Gasteiger partial charge in [-0.2, -0.15) is 5.10 Å². The maximum absolute atomic E-state index is 12.8. The van der Waals surface area contributed by atoms with E-state index in [2.05, 4.69) is 10.4 Å². The highest BCUT2D eigenvalue weighted by atomic mass is 32.1. The molecule has 0 atom stereocenters. The van der Waals surface area contributed by atoms with Gasteiger partial charge in [-0.15, -0.1) is 11.3 Å². The van der Waals surface area contributed by atoms with Crippen molar-refractivity contribution in [2.75, 3.05) is 12.4 Å². The molecule has 2 heterocycles. The van der Waals surface area contributed by atoms with Crippen LogP contribution in [0.25, 0.3) is 15.9 Å². The molecule has 0 bridgehead atoms. The third-order valence-electron chi connectivity index (χ3n) is 4.41. The van der Waals surface area contributed by atoms with Gasteiger partial charge in [-0.25, -0.2) is 4.68 Å². The van der Waals surface area contributed by atoms with Gasteiger partial charge in [0.05, 0.1) is 34.0 Å². The number of carbonyl (C=O) groups is 1. The molecule has 8 nitrogen and oxygen atoms in total. The van der Waals surface area contributed by atoms with Crippen molar-refractivity contribution in [3.05, 3.63) is 75.3 Å². The monoisotopic (exact) mass is 408 g/mol. The number of non-ortho nitro benzene ring substituents is 1. The van der Waals surface area contributed by atoms with Gasteiger partial charge in [-0.05, 0) is 31.2 Å². The summed E-state index contributed by atoms with van der Waals surface area (Å²) in [6, 6.07) is 15.5. The molecule has 4 aromatic rings. The number of carbonyl (C=O) groups excluding carboxylic acids is 1. The number of nitro groups is 1. The Hall–Kier alpha value is -3.72. The van der Waals surface area contributed by atoms with Gasteiger partial charge < -0.3 is 10.1 Å². The predicted octanol–water partition coefficient (Wildman–Crippen LogP) is 4.56. The molecule has 0 aliphatic carbocycles. The Morgan fingerprint density at radius 3 is 2.66 bits per heavy atom. The maximum atomic E-state index is 12.8. The highest BCUT2D eigenvalue weighted by Crippen LogP contribution is 2.33. The molecule has 1 amide bonds. The van der Waals surface area contributed by atoms with Crippen LogP contribution in [0.1, 0.15) is 15.4 Å². The van der Waals surface area contributed by atoms with Crippen LogP contribution in [0.5, 0.6) is 5.75 Å². The fourth-order valence-corrected chi connectivity index (χ4v) is 4.07. The summed E-state index contributed by atoms with van der Waals surface area (Å²) in [6.45, 7) is 1.89. The lowest BCUT2D eigenvalue weighted by molar-refractivity contribution is -0.384. The molecule has 0 unspecified atom stereocenters. The van der Waals surface area contributed by atoms with Gasteiger partial charge in [-0.1, -0.05) is 18.2 Å². The van der Waals surface area contributed by atoms with E-state index in [1.54, 1.807) is 10.7 Å². The van der Waals surface area contributed by atoms with Crippen molar-refractivity contribution >= 4 is 38.8 Å². The molecule has 146 valence electrons. The summed E-state index contributed by atoms with van der Waals surface area (Å²) in [5.74, 6) is -0.0271. The van der Waals surface area contributed by atoms with Gasteiger partial charge >= 0.3 is 0 Å². The van der Waals surface area contributed by atoms with Gasteiger partial charge in [0.25, 0.3) is 11.6 Å². The topological polar surface area (TPSA) is 99.3 Å². The van der Waals surface area contributed by atoms with Crippen molar-refractivity contribution in [2.45, 2.75) is 6.92 Å². The second-order valence-electron chi connectivity index (χ2n) is 6.26. The van der Waals surface area contributed by atoms with E-state index < -0.39 is 4.92 Å². The Balaban J connectivity index is 1.70. The van der Waals surface area contributed by atoms with Crippen molar-refractivity contribution in [2.24, 2.45) is 0 Å². The summed E-state index contributed by atoms with van der Waals surface area (Å²) < 4.78 is 7.01. The van der Waals surface area contributed by atoms with Crippen LogP contribution < -0.4 is 10.1 Å². The number of anilines is 1. The first-order chi connectivity index (χ1) is 14.0. The third-order valence-corrected chi connectivity index (χ3v) is 5.52. The van der Waals surface area contributed by atoms with Crippen LogP contribution in [-0.2, 0) is 0 Å². The standard InChI is InChI=1S/C20H16N4O4S/c1-12-15-11-18(29-20(15)23(22-12)13-6-4-3-5-7-13)19(25)21-16-10-14(24(26)27)8-9-17(16)28-2/h3-11H,1-2H3,(H,21,25). The Morgan fingerprint density at radius 2 is 1.97 bits per heavy atom. The zero-order valence-electron chi connectivity index (χ0n) is 15.6. The average molecular weight is 408 g/mol. The number of benzene rings is 2. The molecule has 0 aliphatic heterocycles. The Labute approximate surface area is 169 Å². The molecule has 0 fully saturated rings. The van der Waals surface area contributed by atoms with Gasteiger partial charge in [0.2, 0.25) is 0 Å². The lowest BCUT2D eigenvalue weighted by atomic mass is 10.2. The summed E-state index contributed by atoms with van der Waals surface area (Å²) in [5.41, 5.74) is 1.82. The molecule has 1 N–H and O–H groups in total. The number of hydrogen-bond donors (Lipinski definition) is 1. The molecule has 0 radical (unpaired) electrons. The van der Waals surface area contributed by atoms with Crippen LogP contribution in [-0.4, -0.2) is 27.7 Å². The second kappa shape index (κ2) is 7.36. The Morgan fingerprint density at radius 1 is 1.21 bits per heavy atom. The van der Waals surface area contributed by atoms with Gasteiger partial charge in [0.1, 0.15) is 10.6 Å². The number of ether oxygens (including phenoxy) is 1. The minimum atomic E-state index is -0.521. The van der Waals surface area contributed by atoms with E-state index >= 15 is 0 Å². The zero-order valence-corrected chi connectivity index (χ0v) is 16.4. The number of nitrogens with zero attached hydrogens (tertiary/aromatic N) is 3. The van der Waals surface area contributed by atoms with Crippen LogP contribution in [0.4, 0.5) is 11.4 Å². The number of nitrogens with one attached hydrogen (secondary N) is 1. The van der Waals surface area contributed by atoms with Gasteiger partial charge in [-0.3, -0.25) is 14.9 Å². The molecule has 4 rings (SSSR count). The van der Waals surface area contributed by atoms with E-state index in [1.807, 2.05) is 37.3 Å². The first kappa shape index (κ1) is 18.6. The number of methoxy groups -OCH3 is 1. The first-order valence-electron chi connectivity index (χ1n) is 8.66. The van der Waals surface area contributed by atoms with Crippen molar-refractivity contribution < 1.29 is 14.5 Å². The number of aryl methyl sites for hydroxylation is 1. The lowest BCUT2D eigenvalue weighted by Gasteiger charge is -2.09. The number of fused-ring (bicyclic) bond motifs is 1. The number of amides is 1. The predicted molar refractivity (Wildman–Crippen MR) is 111 cm³/mol. The first-order valence-corrected chi connectivity index (χ1v) is 9.48. The van der Waals surface area contributed by atoms with Crippen LogP contribution >= 0.6 is 11.3 Å². The summed E-state index contributed by atoms with van der Waals surface area (Å²) in [4.78, 5) is 24.7. The Kier molecular flexibility index (Phi) is 4.73. The lowest BCUT2D eigenvalue weighted by Crippen LogP contribution is -2.11. The normalized spacial score (nSPS) is 10.8. The van der Waals surface area contributed by atoms with E-state index in [-0.39, 0.29) is 17.3 Å². The van der Waals surface area contributed by atoms with Crippen LogP contribution in [0, 0.1) is 17.0 Å². The van der Waals surface area contributed by atoms with E-state index in [0.29, 0.717) is 10.6 Å². The molecule has 0 spiro atoms. The van der Waals surface area contributed by atoms with Crippen molar-refractivity contribution in [1.29, 1.82) is 0 Å². The molecule has 9 heteroatoms. The number of nitro benzene ring substituents is 1. The number of para-hydroxylation sites is 1. The summed E-state index contributed by atoms with van der Waals surface area (Å²) in [6.07, 6.45) is 0. The molecule has 2 aromatic heterocycles. The summed E-state index contributed by atoms with van der Waals surface area (Å²) in [5, 5.41) is 19.2. The number of thiophene rings is 1. The molecule has 0 aliphatic rings. The smallest absolute Gasteiger partial charge is 0.271 e. The minimum Gasteiger partial charge on any atom is -0.495 e. The van der Waals surface area contributed by atoms with E-state index in [1.165, 1.54) is 36.6 Å². The summed E-state index contributed by atoms with van der Waals surface area (Å²) >= 11 is 1.30. The van der Waals surface area contributed by atoms with Crippen molar-refractivity contribution in [1.82, 2.24) is 9.78 Å². The highest BCUT2D eigenvalue weighted by Gasteiger charge is 2.19. The van der Waals surface area contributed by atoms with E-state index in [4.69, 9.17) is 4.74 Å². The van der Waals surface area contributed by atoms with E-state index in [9.17, 15) is 14.9 Å².